The van der Waals surface area contributed by atoms with E-state index in [0.717, 1.165) is 23.6 Å². The molecule has 0 amide bonds. The van der Waals surface area contributed by atoms with Crippen molar-refractivity contribution < 1.29 is 0 Å². The van der Waals surface area contributed by atoms with Gasteiger partial charge in [0.05, 0.1) is 17.5 Å². The first-order valence-electron chi connectivity index (χ1n) is 6.20. The molecule has 0 saturated carbocycles. The van der Waals surface area contributed by atoms with E-state index in [4.69, 9.17) is 0 Å². The zero-order chi connectivity index (χ0) is 13.1. The number of rotatable bonds is 4. The molecule has 2 heterocycles. The Balaban J connectivity index is 2.39. The minimum absolute atomic E-state index is 0.315. The summed E-state index contributed by atoms with van der Waals surface area (Å²) in [4.78, 5) is 4.48. The maximum absolute atomic E-state index is 9.34. The van der Waals surface area contributed by atoms with Crippen LogP contribution in [0.4, 0.5) is 0 Å². The maximum atomic E-state index is 9.34. The molecule has 0 spiro atoms. The molecule has 0 aliphatic carbocycles. The van der Waals surface area contributed by atoms with Crippen molar-refractivity contribution in [1.82, 2.24) is 14.7 Å². The number of aryl methyl sites for hydroxylation is 1. The summed E-state index contributed by atoms with van der Waals surface area (Å²) >= 11 is 0. The Bertz CT molecular complexity index is 577. The van der Waals surface area contributed by atoms with Crippen molar-refractivity contribution in [1.29, 1.82) is 5.26 Å². The van der Waals surface area contributed by atoms with Gasteiger partial charge >= 0.3 is 0 Å². The molecule has 2 aromatic rings. The Labute approximate surface area is 107 Å². The molecule has 0 fully saturated rings. The Hall–Kier alpha value is -1.86. The topological polar surface area (TPSA) is 53.1 Å². The Morgan fingerprint density at radius 1 is 1.44 bits per heavy atom. The second kappa shape index (κ2) is 5.19. The second-order valence-corrected chi connectivity index (χ2v) is 4.88. The summed E-state index contributed by atoms with van der Waals surface area (Å²) < 4.78 is 1.98. The highest BCUT2D eigenvalue weighted by Crippen LogP contribution is 2.19. The molecule has 1 atom stereocenters. The number of imidazole rings is 1. The van der Waals surface area contributed by atoms with Crippen LogP contribution in [-0.2, 0) is 0 Å². The predicted molar refractivity (Wildman–Crippen MR) is 71.1 cm³/mol. The van der Waals surface area contributed by atoms with E-state index in [-0.39, 0.29) is 6.04 Å². The number of hydrogen-bond donors (Lipinski definition) is 1. The van der Waals surface area contributed by atoms with Crippen LogP contribution in [0.25, 0.3) is 5.65 Å². The lowest BCUT2D eigenvalue weighted by Crippen LogP contribution is -2.25. The molecular weight excluding hydrogens is 224 g/mol. The van der Waals surface area contributed by atoms with Gasteiger partial charge in [-0.15, -0.1) is 0 Å². The summed E-state index contributed by atoms with van der Waals surface area (Å²) in [5.41, 5.74) is 2.73. The third kappa shape index (κ3) is 2.36. The molecule has 2 rings (SSSR count). The fraction of sp³-hybridized carbons (Fsp3) is 0.429. The molecule has 2 aromatic heterocycles. The number of nitriles is 1. The van der Waals surface area contributed by atoms with Gasteiger partial charge in [-0.2, -0.15) is 5.26 Å². The zero-order valence-electron chi connectivity index (χ0n) is 11.0. The van der Waals surface area contributed by atoms with Gasteiger partial charge in [-0.05, 0) is 31.5 Å². The van der Waals surface area contributed by atoms with Gasteiger partial charge in [0.2, 0.25) is 0 Å². The molecule has 1 N–H and O–H groups in total. The fourth-order valence-electron chi connectivity index (χ4n) is 2.04. The summed E-state index contributed by atoms with van der Waals surface area (Å²) in [6, 6.07) is 7.86. The lowest BCUT2D eigenvalue weighted by Gasteiger charge is -2.14. The predicted octanol–water partition coefficient (Wildman–Crippen LogP) is 2.45. The van der Waals surface area contributed by atoms with Crippen LogP contribution in [-0.4, -0.2) is 15.9 Å². The quantitative estimate of drug-likeness (QED) is 0.896. The van der Waals surface area contributed by atoms with Crippen LogP contribution in [0.15, 0.2) is 24.4 Å². The van der Waals surface area contributed by atoms with Crippen LogP contribution in [0, 0.1) is 24.2 Å². The number of aromatic nitrogens is 2. The maximum Gasteiger partial charge on any atom is 0.138 e. The number of pyridine rings is 1. The van der Waals surface area contributed by atoms with E-state index in [9.17, 15) is 5.26 Å². The Morgan fingerprint density at radius 3 is 2.89 bits per heavy atom. The van der Waals surface area contributed by atoms with Crippen LogP contribution in [0.2, 0.25) is 0 Å². The number of nitrogens with one attached hydrogen (secondary N) is 1. The van der Waals surface area contributed by atoms with Gasteiger partial charge in [0.25, 0.3) is 0 Å². The molecule has 0 aliphatic rings. The summed E-state index contributed by atoms with van der Waals surface area (Å²) in [5.74, 6) is 0.514. The highest BCUT2D eigenvalue weighted by molar-refractivity contribution is 5.44. The monoisotopic (exact) mass is 242 g/mol. The molecular formula is C14H18N4. The largest absolute Gasteiger partial charge is 0.301 e. The molecule has 0 aliphatic heterocycles. The van der Waals surface area contributed by atoms with Crippen molar-refractivity contribution in [3.05, 3.63) is 35.8 Å². The van der Waals surface area contributed by atoms with Gasteiger partial charge in [0, 0.05) is 6.20 Å². The SMILES string of the molecule is Cc1nc2ccccn2c1C(C#N)NCC(C)C. The van der Waals surface area contributed by atoms with E-state index in [1.54, 1.807) is 0 Å². The molecule has 4 nitrogen and oxygen atoms in total. The van der Waals surface area contributed by atoms with Crippen molar-refractivity contribution in [3.8, 4) is 6.07 Å². The fourth-order valence-corrected chi connectivity index (χ4v) is 2.04. The van der Waals surface area contributed by atoms with E-state index in [2.05, 4.69) is 30.2 Å². The highest BCUT2D eigenvalue weighted by Gasteiger charge is 2.18. The Kier molecular flexibility index (Phi) is 3.63. The number of nitrogens with zero attached hydrogens (tertiary/aromatic N) is 3. The first-order valence-corrected chi connectivity index (χ1v) is 6.20. The molecule has 18 heavy (non-hydrogen) atoms. The average molecular weight is 242 g/mol. The van der Waals surface area contributed by atoms with Crippen LogP contribution in [0.5, 0.6) is 0 Å². The number of hydrogen-bond acceptors (Lipinski definition) is 3. The molecule has 0 radical (unpaired) electrons. The lowest BCUT2D eigenvalue weighted by atomic mass is 10.1. The normalized spacial score (nSPS) is 12.8. The van der Waals surface area contributed by atoms with Gasteiger partial charge in [0.15, 0.2) is 0 Å². The van der Waals surface area contributed by atoms with E-state index in [1.807, 2.05) is 35.7 Å². The highest BCUT2D eigenvalue weighted by atomic mass is 15.1. The van der Waals surface area contributed by atoms with Crippen molar-refractivity contribution in [3.63, 3.8) is 0 Å². The average Bonchev–Trinajstić information content (AvgIpc) is 2.67. The van der Waals surface area contributed by atoms with Gasteiger partial charge in [-0.1, -0.05) is 19.9 Å². The van der Waals surface area contributed by atoms with E-state index in [1.165, 1.54) is 0 Å². The number of fused-ring (bicyclic) bond motifs is 1. The van der Waals surface area contributed by atoms with Crippen LogP contribution >= 0.6 is 0 Å². The first kappa shape index (κ1) is 12.6. The summed E-state index contributed by atoms with van der Waals surface area (Å²) in [7, 11) is 0. The van der Waals surface area contributed by atoms with Gasteiger partial charge in [-0.3, -0.25) is 5.32 Å². The minimum atomic E-state index is -0.315. The summed E-state index contributed by atoms with van der Waals surface area (Å²) in [6.07, 6.45) is 1.95. The zero-order valence-corrected chi connectivity index (χ0v) is 11.0. The molecule has 1 unspecified atom stereocenters. The minimum Gasteiger partial charge on any atom is -0.301 e. The van der Waals surface area contributed by atoms with Crippen LogP contribution < -0.4 is 5.32 Å². The Morgan fingerprint density at radius 2 is 2.22 bits per heavy atom. The third-order valence-electron chi connectivity index (χ3n) is 2.88. The standard InChI is InChI=1S/C14H18N4/c1-10(2)9-16-12(8-15)14-11(3)17-13-6-4-5-7-18(13)14/h4-7,10,12,16H,9H2,1-3H3. The van der Waals surface area contributed by atoms with Crippen LogP contribution in [0.3, 0.4) is 0 Å². The van der Waals surface area contributed by atoms with E-state index < -0.39 is 0 Å². The van der Waals surface area contributed by atoms with Crippen molar-refractivity contribution in [2.24, 2.45) is 5.92 Å². The molecule has 0 bridgehead atoms. The van der Waals surface area contributed by atoms with Gasteiger partial charge in [0.1, 0.15) is 11.7 Å². The van der Waals surface area contributed by atoms with Crippen LogP contribution in [0.1, 0.15) is 31.3 Å². The lowest BCUT2D eigenvalue weighted by molar-refractivity contribution is 0.517. The van der Waals surface area contributed by atoms with Crippen molar-refractivity contribution >= 4 is 5.65 Å². The van der Waals surface area contributed by atoms with Gasteiger partial charge in [-0.25, -0.2) is 4.98 Å². The van der Waals surface area contributed by atoms with Crippen molar-refractivity contribution in [2.45, 2.75) is 26.8 Å². The third-order valence-corrected chi connectivity index (χ3v) is 2.88. The molecule has 4 heteroatoms. The first-order chi connectivity index (χ1) is 8.63. The molecule has 0 aromatic carbocycles. The summed E-state index contributed by atoms with van der Waals surface area (Å²) in [6.45, 7) is 7.02. The van der Waals surface area contributed by atoms with Crippen molar-refractivity contribution in [2.75, 3.05) is 6.54 Å². The second-order valence-electron chi connectivity index (χ2n) is 4.88. The van der Waals surface area contributed by atoms with E-state index in [0.29, 0.717) is 5.92 Å². The molecule has 94 valence electrons. The molecule has 0 saturated heterocycles. The summed E-state index contributed by atoms with van der Waals surface area (Å²) in [5, 5.41) is 12.6. The smallest absolute Gasteiger partial charge is 0.138 e. The van der Waals surface area contributed by atoms with E-state index >= 15 is 0 Å². The van der Waals surface area contributed by atoms with Gasteiger partial charge < -0.3 is 4.40 Å².